The van der Waals surface area contributed by atoms with Crippen LogP contribution in [0.25, 0.3) is 16.0 Å². The Labute approximate surface area is 198 Å². The number of esters is 1. The number of hydrogen-bond donors (Lipinski definition) is 1. The van der Waals surface area contributed by atoms with Crippen molar-refractivity contribution in [1.29, 1.82) is 0 Å². The van der Waals surface area contributed by atoms with E-state index in [1.165, 1.54) is 23.2 Å². The Balaban J connectivity index is 1.69. The lowest BCUT2D eigenvalue weighted by Crippen LogP contribution is -2.29. The van der Waals surface area contributed by atoms with Crippen LogP contribution in [0.1, 0.15) is 24.1 Å². The molecule has 1 saturated heterocycles. The third-order valence-electron chi connectivity index (χ3n) is 5.44. The van der Waals surface area contributed by atoms with Crippen LogP contribution in [0.4, 0.5) is 5.13 Å². The number of aliphatic hydroxyl groups is 1. The van der Waals surface area contributed by atoms with Gasteiger partial charge in [0.05, 0.1) is 21.8 Å². The summed E-state index contributed by atoms with van der Waals surface area (Å²) in [4.78, 5) is 43.7. The number of amides is 1. The minimum atomic E-state index is -0.910. The van der Waals surface area contributed by atoms with Crippen molar-refractivity contribution in [2.75, 3.05) is 4.90 Å². The molecule has 4 aromatic rings. The van der Waals surface area contributed by atoms with Gasteiger partial charge in [-0.15, -0.1) is 0 Å². The minimum absolute atomic E-state index is 0.0318. The molecule has 0 bridgehead atoms. The van der Waals surface area contributed by atoms with E-state index in [1.54, 1.807) is 54.6 Å². The first-order valence-electron chi connectivity index (χ1n) is 10.4. The molecular weight excluding hydrogens is 452 g/mol. The number of Topliss-reactive ketones (excluding diaryl/α,β-unsaturated/α-hetero) is 1. The number of para-hydroxylation sites is 1. The van der Waals surface area contributed by atoms with Gasteiger partial charge in [-0.25, -0.2) is 4.98 Å². The number of aromatic nitrogens is 1. The molecule has 0 radical (unpaired) electrons. The molecule has 0 saturated carbocycles. The number of aliphatic hydroxyl groups excluding tert-OH is 1. The third-order valence-corrected chi connectivity index (χ3v) is 6.47. The van der Waals surface area contributed by atoms with Crippen molar-refractivity contribution in [3.05, 3.63) is 95.6 Å². The molecule has 3 aromatic carbocycles. The molecule has 34 heavy (non-hydrogen) atoms. The molecular formula is C26H18N2O5S. The van der Waals surface area contributed by atoms with E-state index in [1.807, 2.05) is 24.3 Å². The molecule has 2 heterocycles. The number of carbonyl (C=O) groups excluding carboxylic acids is 3. The Kier molecular flexibility index (Phi) is 5.43. The van der Waals surface area contributed by atoms with Crippen LogP contribution >= 0.6 is 11.3 Å². The van der Waals surface area contributed by atoms with Crippen molar-refractivity contribution in [2.45, 2.75) is 13.0 Å². The lowest BCUT2D eigenvalue weighted by atomic mass is 9.95. The fraction of sp³-hybridized carbons (Fsp3) is 0.0769. The average molecular weight is 471 g/mol. The van der Waals surface area contributed by atoms with Gasteiger partial charge in [0.15, 0.2) is 5.13 Å². The van der Waals surface area contributed by atoms with Gasteiger partial charge in [-0.2, -0.15) is 0 Å². The lowest BCUT2D eigenvalue weighted by molar-refractivity contribution is -0.132. The van der Waals surface area contributed by atoms with E-state index in [4.69, 9.17) is 4.74 Å². The molecule has 1 aliphatic rings. The van der Waals surface area contributed by atoms with Gasteiger partial charge < -0.3 is 9.84 Å². The zero-order valence-electron chi connectivity index (χ0n) is 18.0. The van der Waals surface area contributed by atoms with Crippen molar-refractivity contribution in [3.8, 4) is 5.75 Å². The maximum absolute atomic E-state index is 13.3. The van der Waals surface area contributed by atoms with Crippen LogP contribution in [0.5, 0.6) is 5.75 Å². The van der Waals surface area contributed by atoms with Crippen LogP contribution < -0.4 is 9.64 Å². The molecule has 5 rings (SSSR count). The molecule has 8 heteroatoms. The molecule has 1 unspecified atom stereocenters. The fourth-order valence-electron chi connectivity index (χ4n) is 3.94. The summed E-state index contributed by atoms with van der Waals surface area (Å²) in [5.41, 5.74) is 1.66. The Morgan fingerprint density at radius 3 is 2.32 bits per heavy atom. The summed E-state index contributed by atoms with van der Waals surface area (Å²) in [6.45, 7) is 1.30. The second-order valence-corrected chi connectivity index (χ2v) is 8.67. The minimum Gasteiger partial charge on any atom is -0.507 e. The van der Waals surface area contributed by atoms with E-state index in [-0.39, 0.29) is 11.3 Å². The second kappa shape index (κ2) is 8.57. The molecule has 1 amide bonds. The summed E-state index contributed by atoms with van der Waals surface area (Å²) in [7, 11) is 0. The van der Waals surface area contributed by atoms with Crippen molar-refractivity contribution in [1.82, 2.24) is 4.98 Å². The highest BCUT2D eigenvalue weighted by atomic mass is 32.1. The molecule has 7 nitrogen and oxygen atoms in total. The standard InChI is InChI=1S/C26H18N2O5S/c1-15(29)33-18-13-11-16(12-14-18)22-21(23(30)17-7-3-2-4-8-17)24(31)25(32)28(22)26-27-19-9-5-6-10-20(19)34-26/h2-14,22,30H,1H3/b23-21+. The number of anilines is 1. The van der Waals surface area contributed by atoms with E-state index >= 15 is 0 Å². The average Bonchev–Trinajstić information content (AvgIpc) is 3.38. The Bertz CT molecular complexity index is 1420. The molecule has 0 aliphatic carbocycles. The number of ether oxygens (including phenoxy) is 1. The normalized spacial score (nSPS) is 17.3. The zero-order chi connectivity index (χ0) is 23.8. The van der Waals surface area contributed by atoms with E-state index in [0.717, 1.165) is 4.70 Å². The largest absolute Gasteiger partial charge is 0.507 e. The number of nitrogens with zero attached hydrogens (tertiary/aromatic N) is 2. The van der Waals surface area contributed by atoms with Crippen LogP contribution in [0, 0.1) is 0 Å². The van der Waals surface area contributed by atoms with Gasteiger partial charge in [0.2, 0.25) is 0 Å². The monoisotopic (exact) mass is 470 g/mol. The lowest BCUT2D eigenvalue weighted by Gasteiger charge is -2.23. The Morgan fingerprint density at radius 2 is 1.65 bits per heavy atom. The van der Waals surface area contributed by atoms with Crippen molar-refractivity contribution in [2.24, 2.45) is 0 Å². The van der Waals surface area contributed by atoms with Crippen LogP contribution in [0.2, 0.25) is 0 Å². The summed E-state index contributed by atoms with van der Waals surface area (Å²) in [5.74, 6) is -1.97. The van der Waals surface area contributed by atoms with Gasteiger partial charge >= 0.3 is 11.9 Å². The van der Waals surface area contributed by atoms with E-state index in [2.05, 4.69) is 4.98 Å². The van der Waals surface area contributed by atoms with Gasteiger partial charge in [-0.1, -0.05) is 65.9 Å². The van der Waals surface area contributed by atoms with Crippen molar-refractivity contribution >= 4 is 50.1 Å². The highest BCUT2D eigenvalue weighted by Crippen LogP contribution is 2.44. The summed E-state index contributed by atoms with van der Waals surface area (Å²) >= 11 is 1.29. The summed E-state index contributed by atoms with van der Waals surface area (Å²) in [6, 6.07) is 21.6. The molecule has 168 valence electrons. The van der Waals surface area contributed by atoms with Gasteiger partial charge in [0.25, 0.3) is 5.78 Å². The number of benzene rings is 3. The topological polar surface area (TPSA) is 96.8 Å². The highest BCUT2D eigenvalue weighted by molar-refractivity contribution is 7.22. The Morgan fingerprint density at radius 1 is 0.971 bits per heavy atom. The molecule has 1 N–H and O–H groups in total. The predicted molar refractivity (Wildman–Crippen MR) is 129 cm³/mol. The predicted octanol–water partition coefficient (Wildman–Crippen LogP) is 4.85. The van der Waals surface area contributed by atoms with Gasteiger partial charge in [-0.3, -0.25) is 19.3 Å². The number of carbonyl (C=O) groups is 3. The summed E-state index contributed by atoms with van der Waals surface area (Å²) < 4.78 is 5.98. The number of hydrogen-bond acceptors (Lipinski definition) is 7. The fourth-order valence-corrected chi connectivity index (χ4v) is 4.94. The SMILES string of the molecule is CC(=O)Oc1ccc(C2/C(=C(\O)c3ccccc3)C(=O)C(=O)N2c2nc3ccccc3s2)cc1. The number of fused-ring (bicyclic) bond motifs is 1. The van der Waals surface area contributed by atoms with Crippen LogP contribution in [0.3, 0.4) is 0 Å². The first-order valence-corrected chi connectivity index (χ1v) is 11.3. The third kappa shape index (κ3) is 3.74. The first-order chi connectivity index (χ1) is 16.4. The smallest absolute Gasteiger partial charge is 0.308 e. The van der Waals surface area contributed by atoms with Gasteiger partial charge in [0, 0.05) is 12.5 Å². The zero-order valence-corrected chi connectivity index (χ0v) is 18.8. The number of ketones is 1. The maximum atomic E-state index is 13.3. The van der Waals surface area contributed by atoms with Gasteiger partial charge in [-0.05, 0) is 29.8 Å². The number of rotatable bonds is 4. The van der Waals surface area contributed by atoms with Crippen molar-refractivity contribution in [3.63, 3.8) is 0 Å². The number of thiazole rings is 1. The Hall–Kier alpha value is -4.30. The van der Waals surface area contributed by atoms with E-state index in [9.17, 15) is 19.5 Å². The van der Waals surface area contributed by atoms with E-state index in [0.29, 0.717) is 27.5 Å². The molecule has 1 aliphatic heterocycles. The second-order valence-electron chi connectivity index (χ2n) is 7.66. The highest BCUT2D eigenvalue weighted by Gasteiger charge is 2.48. The van der Waals surface area contributed by atoms with Crippen LogP contribution in [-0.2, 0) is 14.4 Å². The van der Waals surface area contributed by atoms with Crippen molar-refractivity contribution < 1.29 is 24.2 Å². The maximum Gasteiger partial charge on any atom is 0.308 e. The van der Waals surface area contributed by atoms with E-state index < -0.39 is 23.7 Å². The molecule has 1 aromatic heterocycles. The van der Waals surface area contributed by atoms with Crippen LogP contribution in [0.15, 0.2) is 84.4 Å². The molecule has 1 fully saturated rings. The van der Waals surface area contributed by atoms with Crippen LogP contribution in [-0.4, -0.2) is 27.8 Å². The van der Waals surface area contributed by atoms with Gasteiger partial charge in [0.1, 0.15) is 11.5 Å². The quantitative estimate of drug-likeness (QED) is 0.151. The molecule has 0 spiro atoms. The summed E-state index contributed by atoms with van der Waals surface area (Å²) in [5, 5.41) is 11.5. The summed E-state index contributed by atoms with van der Waals surface area (Å²) in [6.07, 6.45) is 0. The molecule has 1 atom stereocenters. The first kappa shape index (κ1) is 21.5.